The van der Waals surface area contributed by atoms with E-state index in [1.165, 1.54) is 92.9 Å². The van der Waals surface area contributed by atoms with Gasteiger partial charge >= 0.3 is 7.12 Å². The predicted molar refractivity (Wildman–Crippen MR) is 287 cm³/mol. The number of benzene rings is 7. The number of halogens is 3. The van der Waals surface area contributed by atoms with Crippen molar-refractivity contribution in [3.05, 3.63) is 184 Å². The van der Waals surface area contributed by atoms with E-state index in [-0.39, 0.29) is 43.7 Å². The lowest BCUT2D eigenvalue weighted by Crippen LogP contribution is -2.41. The number of para-hydroxylation sites is 4. The fourth-order valence-electron chi connectivity index (χ4n) is 9.33. The van der Waals surface area contributed by atoms with Gasteiger partial charge in [0, 0.05) is 71.0 Å². The number of hydrogen-bond donors (Lipinski definition) is 0. The Morgan fingerprint density at radius 3 is 1.29 bits per heavy atom. The summed E-state index contributed by atoms with van der Waals surface area (Å²) in [6.45, 7) is 10.4. The number of rotatable bonds is 2. The molecule has 8 heteroatoms. The van der Waals surface area contributed by atoms with E-state index >= 15 is 0 Å². The first-order valence-corrected chi connectivity index (χ1v) is 22.7. The number of fused-ring (bicyclic) bond motifs is 12. The van der Waals surface area contributed by atoms with Gasteiger partial charge in [-0.15, -0.1) is 24.0 Å². The smallest absolute Gasteiger partial charge is 0.399 e. The third-order valence-corrected chi connectivity index (χ3v) is 14.1. The molecular formula is C55H45BBr2IN2O2+. The van der Waals surface area contributed by atoms with Crippen LogP contribution in [0.2, 0.25) is 0 Å². The van der Waals surface area contributed by atoms with Crippen molar-refractivity contribution in [1.82, 2.24) is 8.80 Å². The third-order valence-electron chi connectivity index (χ3n) is 13.1. The predicted octanol–water partition coefficient (Wildman–Crippen LogP) is 15.9. The molecule has 1 saturated heterocycles. The fourth-order valence-corrected chi connectivity index (χ4v) is 9.84. The number of allylic oxidation sites excluding steroid dienone is 6. The van der Waals surface area contributed by atoms with E-state index in [9.17, 15) is 0 Å². The molecule has 0 spiro atoms. The van der Waals surface area contributed by atoms with Crippen LogP contribution in [0.4, 0.5) is 0 Å². The molecular weight excluding hydrogens is 1020 g/mol. The van der Waals surface area contributed by atoms with Gasteiger partial charge in [-0.25, -0.2) is 0 Å². The van der Waals surface area contributed by atoms with Crippen LogP contribution in [0, 0.1) is 6.08 Å². The minimum Gasteiger partial charge on any atom is -0.399 e. The fraction of sp³-hybridized carbons (Fsp3) is 0.127. The van der Waals surface area contributed by atoms with Gasteiger partial charge < -0.3 is 18.1 Å². The second-order valence-corrected chi connectivity index (χ2v) is 19.2. The van der Waals surface area contributed by atoms with E-state index in [4.69, 9.17) is 9.31 Å². The Labute approximate surface area is 402 Å². The van der Waals surface area contributed by atoms with Gasteiger partial charge in [-0.05, 0) is 99.7 Å². The van der Waals surface area contributed by atoms with Crippen LogP contribution in [-0.4, -0.2) is 27.1 Å². The Hall–Kier alpha value is -5.06. The third kappa shape index (κ3) is 6.89. The van der Waals surface area contributed by atoms with E-state index in [1.54, 1.807) is 0 Å². The van der Waals surface area contributed by atoms with Crippen molar-refractivity contribution in [3.8, 4) is 11.1 Å². The Kier molecular flexibility index (Phi) is 10.6. The van der Waals surface area contributed by atoms with Crippen molar-refractivity contribution in [3.63, 3.8) is 0 Å². The number of nitrogens with zero attached hydrogens (tertiary/aromatic N) is 2. The zero-order valence-corrected chi connectivity index (χ0v) is 41.0. The second kappa shape index (κ2) is 15.9. The summed E-state index contributed by atoms with van der Waals surface area (Å²) in [6.07, 6.45) is 8.99. The molecule has 1 fully saturated rings. The van der Waals surface area contributed by atoms with Crippen molar-refractivity contribution in [2.75, 3.05) is 0 Å². The van der Waals surface area contributed by atoms with Gasteiger partial charge in [-0.1, -0.05) is 113 Å². The molecule has 0 unspecified atom stereocenters. The van der Waals surface area contributed by atoms with Crippen molar-refractivity contribution < 1.29 is 10.7 Å². The lowest BCUT2D eigenvalue weighted by Gasteiger charge is -2.32. The standard InChI is InChI=1S/C24H22BNO2.C24H14BrN.C7H6Br.HI.H2/c1-23(2)24(3,4)28-25(27-23)15-13-18-16-9-5-7-11-20(16)26-21-12-8-6-10-17(21)19(14-15)22(18)26;25-17-11-9-15(10-12-17)16-13-20-18-5-1-3-7-22(18)26-23-8-4-2-6-19(23)21(14-16)24(20)26;1-6-2-4-7(8)5-3-6;;/h5-14H,1-4H3;1-14H;2,4-5H,1H3;2*1H/q;;+1;;. The normalized spacial score (nSPS) is 15.5. The molecule has 0 atom stereocenters. The van der Waals surface area contributed by atoms with Gasteiger partial charge in [0.1, 0.15) is 16.1 Å². The average Bonchev–Trinajstić information content (AvgIpc) is 4.05. The minimum absolute atomic E-state index is 0. The van der Waals surface area contributed by atoms with Crippen molar-refractivity contribution in [2.24, 2.45) is 0 Å². The van der Waals surface area contributed by atoms with Crippen LogP contribution in [-0.2, 0) is 9.31 Å². The summed E-state index contributed by atoms with van der Waals surface area (Å²) in [4.78, 5) is 0. The molecule has 2 aliphatic rings. The molecule has 0 amide bonds. The molecule has 13 rings (SSSR count). The quantitative estimate of drug-likeness (QED) is 0.0980. The van der Waals surface area contributed by atoms with Gasteiger partial charge in [0.2, 0.25) is 0 Å². The van der Waals surface area contributed by atoms with Crippen LogP contribution < -0.4 is 5.46 Å². The molecule has 310 valence electrons. The lowest BCUT2D eigenvalue weighted by atomic mass is 9.77. The van der Waals surface area contributed by atoms with Crippen molar-refractivity contribution in [2.45, 2.75) is 45.8 Å². The zero-order chi connectivity index (χ0) is 42.5. The Morgan fingerprint density at radius 2 is 0.905 bits per heavy atom. The Balaban J connectivity index is 0.000000135. The SMILES string of the molecule is Brc1ccc(-c2cc3c4ccccc4n4c5ccccc5c(c2)c34)cc1.CC1(C)OB(c2cc3c4ccccc4n4c5ccccc5c(c2)c34)OC1(C)C.CC1=[C+]C=C(Br)C=C1.I.[HH]. The first-order valence-electron chi connectivity index (χ1n) is 21.1. The first kappa shape index (κ1) is 41.9. The highest BCUT2D eigenvalue weighted by Gasteiger charge is 2.52. The summed E-state index contributed by atoms with van der Waals surface area (Å²) < 4.78 is 19.7. The summed E-state index contributed by atoms with van der Waals surface area (Å²) in [5.41, 5.74) is 11.7. The van der Waals surface area contributed by atoms with Crippen LogP contribution in [0.25, 0.3) is 87.3 Å². The summed E-state index contributed by atoms with van der Waals surface area (Å²) in [5, 5.41) is 10.3. The minimum atomic E-state index is -0.361. The Morgan fingerprint density at radius 1 is 0.508 bits per heavy atom. The molecule has 0 N–H and O–H groups in total. The monoisotopic (exact) mass is 1060 g/mol. The highest BCUT2D eigenvalue weighted by Crippen LogP contribution is 2.43. The molecule has 7 aromatic carbocycles. The zero-order valence-electron chi connectivity index (χ0n) is 35.5. The number of hydrogen-bond acceptors (Lipinski definition) is 2. The largest absolute Gasteiger partial charge is 0.494 e. The topological polar surface area (TPSA) is 27.3 Å². The van der Waals surface area contributed by atoms with Gasteiger partial charge in [0.25, 0.3) is 0 Å². The van der Waals surface area contributed by atoms with Gasteiger partial charge in [0.15, 0.2) is 0 Å². The lowest BCUT2D eigenvalue weighted by molar-refractivity contribution is 0.00578. The van der Waals surface area contributed by atoms with E-state index in [1.807, 2.05) is 25.2 Å². The Bertz CT molecular complexity index is 3440. The summed E-state index contributed by atoms with van der Waals surface area (Å²) in [6, 6.07) is 52.5. The van der Waals surface area contributed by atoms with Crippen LogP contribution in [0.3, 0.4) is 0 Å². The van der Waals surface area contributed by atoms with Crippen LogP contribution in [0.15, 0.2) is 178 Å². The molecule has 1 aliphatic heterocycles. The van der Waals surface area contributed by atoms with Crippen molar-refractivity contribution in [1.29, 1.82) is 0 Å². The van der Waals surface area contributed by atoms with Crippen LogP contribution in [0.1, 0.15) is 36.0 Å². The van der Waals surface area contributed by atoms with Gasteiger partial charge in [0.05, 0.1) is 56.5 Å². The molecule has 1 aliphatic carbocycles. The summed E-state index contributed by atoms with van der Waals surface area (Å²) >= 11 is 6.85. The maximum absolute atomic E-state index is 6.36. The van der Waals surface area contributed by atoms with E-state index in [0.717, 1.165) is 14.4 Å². The molecule has 0 radical (unpaired) electrons. The highest BCUT2D eigenvalue weighted by atomic mass is 127. The molecule has 63 heavy (non-hydrogen) atoms. The van der Waals surface area contributed by atoms with Crippen molar-refractivity contribution >= 4 is 145 Å². The molecule has 5 heterocycles. The second-order valence-electron chi connectivity index (χ2n) is 17.4. The maximum atomic E-state index is 6.36. The van der Waals surface area contributed by atoms with E-state index in [0.29, 0.717) is 0 Å². The van der Waals surface area contributed by atoms with E-state index in [2.05, 4.69) is 220 Å². The molecule has 4 aromatic heterocycles. The average molecular weight is 1060 g/mol. The highest BCUT2D eigenvalue weighted by molar-refractivity contribution is 14.0. The van der Waals surface area contributed by atoms with Crippen LogP contribution in [0.5, 0.6) is 0 Å². The molecule has 4 nitrogen and oxygen atoms in total. The first-order chi connectivity index (χ1) is 30.0. The molecule has 0 bridgehead atoms. The summed E-state index contributed by atoms with van der Waals surface area (Å²) in [5.74, 6) is 0. The van der Waals surface area contributed by atoms with E-state index < -0.39 is 0 Å². The van der Waals surface area contributed by atoms with Gasteiger partial charge in [-0.3, -0.25) is 0 Å². The maximum Gasteiger partial charge on any atom is 0.494 e. The number of aromatic nitrogens is 2. The molecule has 11 aromatic rings. The van der Waals surface area contributed by atoms with Crippen LogP contribution >= 0.6 is 55.8 Å². The van der Waals surface area contributed by atoms with Gasteiger partial charge in [-0.2, -0.15) is 0 Å². The molecule has 0 saturated carbocycles. The summed E-state index contributed by atoms with van der Waals surface area (Å²) in [7, 11) is -0.361.